The van der Waals surface area contributed by atoms with Gasteiger partial charge in [0.05, 0.1) is 24.1 Å². The van der Waals surface area contributed by atoms with E-state index in [4.69, 9.17) is 5.84 Å². The van der Waals surface area contributed by atoms with Crippen molar-refractivity contribution in [2.75, 3.05) is 0 Å². The fourth-order valence-electron chi connectivity index (χ4n) is 1.81. The zero-order chi connectivity index (χ0) is 13.0. The highest BCUT2D eigenvalue weighted by molar-refractivity contribution is 5.23. The standard InChI is InChI=1S/C11H15FN6/c1-2-3-18-10(7-15-17-18)11(16-13)8-4-9(12)6-14-5-8/h4-7,11,16H,2-3,13H2,1H3. The Morgan fingerprint density at radius 3 is 2.94 bits per heavy atom. The van der Waals surface area contributed by atoms with Crippen LogP contribution in [-0.4, -0.2) is 20.0 Å². The van der Waals surface area contributed by atoms with E-state index in [2.05, 4.69) is 20.7 Å². The highest BCUT2D eigenvalue weighted by atomic mass is 19.1. The molecule has 0 aromatic carbocycles. The van der Waals surface area contributed by atoms with Crippen LogP contribution in [0, 0.1) is 5.82 Å². The molecule has 18 heavy (non-hydrogen) atoms. The predicted molar refractivity (Wildman–Crippen MR) is 63.7 cm³/mol. The van der Waals surface area contributed by atoms with Crippen LogP contribution in [0.1, 0.15) is 30.6 Å². The van der Waals surface area contributed by atoms with E-state index in [0.29, 0.717) is 5.56 Å². The number of aromatic nitrogens is 4. The van der Waals surface area contributed by atoms with E-state index in [1.54, 1.807) is 17.1 Å². The molecule has 3 N–H and O–H groups in total. The Hall–Kier alpha value is -1.86. The Labute approximate surface area is 104 Å². The molecule has 0 fully saturated rings. The second-order valence-corrected chi connectivity index (χ2v) is 3.92. The second kappa shape index (κ2) is 5.65. The monoisotopic (exact) mass is 250 g/mol. The molecule has 0 saturated heterocycles. The van der Waals surface area contributed by atoms with Crippen LogP contribution in [0.2, 0.25) is 0 Å². The summed E-state index contributed by atoms with van der Waals surface area (Å²) in [5.74, 6) is 5.14. The van der Waals surface area contributed by atoms with Gasteiger partial charge in [0.15, 0.2) is 0 Å². The molecule has 7 heteroatoms. The lowest BCUT2D eigenvalue weighted by molar-refractivity contribution is 0.509. The Morgan fingerprint density at radius 2 is 2.28 bits per heavy atom. The number of nitrogens with zero attached hydrogens (tertiary/aromatic N) is 4. The summed E-state index contributed by atoms with van der Waals surface area (Å²) in [4.78, 5) is 3.82. The third-order valence-electron chi connectivity index (χ3n) is 2.60. The van der Waals surface area contributed by atoms with Gasteiger partial charge in [-0.2, -0.15) is 0 Å². The summed E-state index contributed by atoms with van der Waals surface area (Å²) in [5, 5.41) is 7.84. The first-order valence-corrected chi connectivity index (χ1v) is 5.71. The molecule has 2 rings (SSSR count). The number of hydrazine groups is 1. The molecule has 0 aliphatic rings. The number of pyridine rings is 1. The molecule has 0 bridgehead atoms. The zero-order valence-electron chi connectivity index (χ0n) is 10.0. The average Bonchev–Trinajstić information content (AvgIpc) is 2.79. The maximum atomic E-state index is 13.2. The molecule has 0 aliphatic carbocycles. The quantitative estimate of drug-likeness (QED) is 0.605. The topological polar surface area (TPSA) is 81.7 Å². The maximum absolute atomic E-state index is 13.2. The maximum Gasteiger partial charge on any atom is 0.141 e. The van der Waals surface area contributed by atoms with Gasteiger partial charge in [0.2, 0.25) is 0 Å². The molecule has 96 valence electrons. The summed E-state index contributed by atoms with van der Waals surface area (Å²) in [6, 6.07) is 1.01. The van der Waals surface area contributed by atoms with Crippen LogP contribution in [0.15, 0.2) is 24.7 Å². The van der Waals surface area contributed by atoms with Crippen LogP contribution in [0.25, 0.3) is 0 Å². The Balaban J connectivity index is 2.36. The molecule has 1 unspecified atom stereocenters. The fraction of sp³-hybridized carbons (Fsp3) is 0.364. The third-order valence-corrected chi connectivity index (χ3v) is 2.60. The number of halogens is 1. The molecule has 6 nitrogen and oxygen atoms in total. The Morgan fingerprint density at radius 1 is 1.44 bits per heavy atom. The van der Waals surface area contributed by atoms with E-state index in [-0.39, 0.29) is 6.04 Å². The van der Waals surface area contributed by atoms with Gasteiger partial charge >= 0.3 is 0 Å². The summed E-state index contributed by atoms with van der Waals surface area (Å²) in [5.41, 5.74) is 4.06. The van der Waals surface area contributed by atoms with Crippen molar-refractivity contribution in [3.63, 3.8) is 0 Å². The summed E-state index contributed by atoms with van der Waals surface area (Å²) < 4.78 is 14.9. The largest absolute Gasteiger partial charge is 0.271 e. The fourth-order valence-corrected chi connectivity index (χ4v) is 1.81. The number of hydrogen-bond acceptors (Lipinski definition) is 5. The van der Waals surface area contributed by atoms with Gasteiger partial charge in [-0.3, -0.25) is 10.8 Å². The summed E-state index contributed by atoms with van der Waals surface area (Å²) in [6.45, 7) is 2.77. The van der Waals surface area contributed by atoms with Gasteiger partial charge in [0, 0.05) is 12.7 Å². The van der Waals surface area contributed by atoms with Gasteiger partial charge in [-0.25, -0.2) is 14.5 Å². The van der Waals surface area contributed by atoms with Crippen molar-refractivity contribution < 1.29 is 4.39 Å². The minimum absolute atomic E-state index is 0.380. The van der Waals surface area contributed by atoms with Crippen LogP contribution >= 0.6 is 0 Å². The minimum Gasteiger partial charge on any atom is -0.271 e. The van der Waals surface area contributed by atoms with E-state index in [1.807, 2.05) is 6.92 Å². The van der Waals surface area contributed by atoms with Crippen LogP contribution in [0.5, 0.6) is 0 Å². The van der Waals surface area contributed by atoms with Crippen molar-refractivity contribution in [2.45, 2.75) is 25.9 Å². The summed E-state index contributed by atoms with van der Waals surface area (Å²) in [6.07, 6.45) is 5.26. The third kappa shape index (κ3) is 2.52. The van der Waals surface area contributed by atoms with Gasteiger partial charge in [0.1, 0.15) is 5.82 Å². The summed E-state index contributed by atoms with van der Waals surface area (Å²) in [7, 11) is 0. The molecule has 0 amide bonds. The Kier molecular flexibility index (Phi) is 3.96. The molecule has 0 radical (unpaired) electrons. The van der Waals surface area contributed by atoms with Crippen molar-refractivity contribution in [1.29, 1.82) is 0 Å². The van der Waals surface area contributed by atoms with Crippen LogP contribution in [-0.2, 0) is 6.54 Å². The molecule has 1 atom stereocenters. The van der Waals surface area contributed by atoms with Crippen molar-refractivity contribution in [3.05, 3.63) is 41.7 Å². The van der Waals surface area contributed by atoms with Crippen molar-refractivity contribution in [2.24, 2.45) is 5.84 Å². The highest BCUT2D eigenvalue weighted by Gasteiger charge is 2.18. The first-order chi connectivity index (χ1) is 8.76. The minimum atomic E-state index is -0.401. The lowest BCUT2D eigenvalue weighted by Gasteiger charge is -2.16. The van der Waals surface area contributed by atoms with Gasteiger partial charge in [-0.1, -0.05) is 12.1 Å². The van der Waals surface area contributed by atoms with Gasteiger partial charge in [-0.15, -0.1) is 5.10 Å². The first kappa shape index (κ1) is 12.6. The van der Waals surface area contributed by atoms with Crippen molar-refractivity contribution >= 4 is 0 Å². The molecule has 2 aromatic heterocycles. The van der Waals surface area contributed by atoms with Crippen molar-refractivity contribution in [3.8, 4) is 0 Å². The molecule has 2 heterocycles. The lowest BCUT2D eigenvalue weighted by Crippen LogP contribution is -2.31. The number of hydrogen-bond donors (Lipinski definition) is 2. The molecule has 0 saturated carbocycles. The SMILES string of the molecule is CCCn1nncc1C(NN)c1cncc(F)c1. The van der Waals surface area contributed by atoms with Crippen LogP contribution in [0.3, 0.4) is 0 Å². The lowest BCUT2D eigenvalue weighted by atomic mass is 10.1. The molecule has 0 spiro atoms. The summed E-state index contributed by atoms with van der Waals surface area (Å²) >= 11 is 0. The van der Waals surface area contributed by atoms with Crippen LogP contribution < -0.4 is 11.3 Å². The molecule has 2 aromatic rings. The molecule has 0 aliphatic heterocycles. The van der Waals surface area contributed by atoms with Gasteiger partial charge < -0.3 is 0 Å². The molecular formula is C11H15FN6. The smallest absolute Gasteiger partial charge is 0.141 e. The predicted octanol–water partition coefficient (Wildman–Crippen LogP) is 0.775. The first-order valence-electron chi connectivity index (χ1n) is 5.71. The number of nitrogens with one attached hydrogen (secondary N) is 1. The second-order valence-electron chi connectivity index (χ2n) is 3.92. The van der Waals surface area contributed by atoms with E-state index in [9.17, 15) is 4.39 Å². The number of rotatable bonds is 5. The van der Waals surface area contributed by atoms with E-state index in [0.717, 1.165) is 24.9 Å². The number of aryl methyl sites for hydroxylation is 1. The van der Waals surface area contributed by atoms with E-state index in [1.165, 1.54) is 6.07 Å². The van der Waals surface area contributed by atoms with E-state index >= 15 is 0 Å². The Bertz CT molecular complexity index is 512. The van der Waals surface area contributed by atoms with Crippen LogP contribution in [0.4, 0.5) is 4.39 Å². The van der Waals surface area contributed by atoms with Gasteiger partial charge in [0.25, 0.3) is 0 Å². The van der Waals surface area contributed by atoms with Gasteiger partial charge in [-0.05, 0) is 18.1 Å². The highest BCUT2D eigenvalue weighted by Crippen LogP contribution is 2.20. The molecular weight excluding hydrogens is 235 g/mol. The van der Waals surface area contributed by atoms with E-state index < -0.39 is 5.82 Å². The normalized spacial score (nSPS) is 12.6. The average molecular weight is 250 g/mol. The van der Waals surface area contributed by atoms with Crippen molar-refractivity contribution in [1.82, 2.24) is 25.4 Å². The number of nitrogens with two attached hydrogens (primary N) is 1. The zero-order valence-corrected chi connectivity index (χ0v) is 10.0.